The number of rotatable bonds is 5. The molecule has 0 saturated heterocycles. The number of anilines is 1. The number of nitrogens with one attached hydrogen (secondary N) is 3. The van der Waals surface area contributed by atoms with Crippen molar-refractivity contribution in [1.29, 1.82) is 0 Å². The van der Waals surface area contributed by atoms with Crippen molar-refractivity contribution in [3.63, 3.8) is 0 Å². The van der Waals surface area contributed by atoms with E-state index in [0.29, 0.717) is 11.7 Å². The number of benzene rings is 1. The highest BCUT2D eigenvalue weighted by atomic mass is 32.1. The number of amides is 1. The van der Waals surface area contributed by atoms with E-state index in [2.05, 4.69) is 27.7 Å². The molecule has 1 aromatic rings. The Hall–Kier alpha value is -2.21. The summed E-state index contributed by atoms with van der Waals surface area (Å²) in [6.07, 6.45) is 3.35. The molecule has 0 aliphatic rings. The molecule has 19 heavy (non-hydrogen) atoms. The van der Waals surface area contributed by atoms with Crippen LogP contribution in [0.5, 0.6) is 0 Å². The Bertz CT molecular complexity index is 482. The van der Waals surface area contributed by atoms with Crippen molar-refractivity contribution in [1.82, 2.24) is 10.7 Å². The van der Waals surface area contributed by atoms with Gasteiger partial charge in [0.2, 0.25) is 5.91 Å². The average molecular weight is 276 g/mol. The molecule has 1 rings (SSSR count). The van der Waals surface area contributed by atoms with Gasteiger partial charge in [0.25, 0.3) is 0 Å². The highest BCUT2D eigenvalue weighted by Gasteiger charge is 1.95. The number of hydrogen-bond donors (Lipinski definition) is 3. The van der Waals surface area contributed by atoms with Crippen molar-refractivity contribution < 1.29 is 4.79 Å². The van der Waals surface area contributed by atoms with Crippen LogP contribution in [-0.2, 0) is 4.79 Å². The van der Waals surface area contributed by atoms with Gasteiger partial charge in [0.05, 0.1) is 6.21 Å². The zero-order valence-corrected chi connectivity index (χ0v) is 11.5. The highest BCUT2D eigenvalue weighted by molar-refractivity contribution is 7.80. The van der Waals surface area contributed by atoms with E-state index in [1.54, 1.807) is 24.4 Å². The van der Waals surface area contributed by atoms with Crippen LogP contribution in [0.15, 0.2) is 42.0 Å². The van der Waals surface area contributed by atoms with Gasteiger partial charge in [-0.25, -0.2) is 0 Å². The molecule has 6 heteroatoms. The summed E-state index contributed by atoms with van der Waals surface area (Å²) in [5.41, 5.74) is 4.33. The van der Waals surface area contributed by atoms with E-state index in [9.17, 15) is 4.79 Å². The van der Waals surface area contributed by atoms with Gasteiger partial charge < -0.3 is 10.6 Å². The minimum atomic E-state index is -0.0956. The Labute approximate surface area is 117 Å². The van der Waals surface area contributed by atoms with Crippen LogP contribution in [0.2, 0.25) is 0 Å². The SMILES string of the molecule is C=CCNC(=S)NN=Cc1ccc(NC(C)=O)cc1. The lowest BCUT2D eigenvalue weighted by Crippen LogP contribution is -2.31. The molecule has 0 radical (unpaired) electrons. The largest absolute Gasteiger partial charge is 0.358 e. The van der Waals surface area contributed by atoms with E-state index in [1.807, 2.05) is 12.1 Å². The summed E-state index contributed by atoms with van der Waals surface area (Å²) in [5.74, 6) is -0.0956. The fourth-order valence-corrected chi connectivity index (χ4v) is 1.36. The number of carbonyl (C=O) groups excluding carboxylic acids is 1. The standard InChI is InChI=1S/C13H16N4OS/c1-3-8-14-13(19)17-15-9-11-4-6-12(7-5-11)16-10(2)18/h3-7,9H,1,8H2,2H3,(H,16,18)(H2,14,17,19). The Kier molecular flexibility index (Phi) is 6.25. The quantitative estimate of drug-likeness (QED) is 0.331. The number of carbonyl (C=O) groups is 1. The molecule has 0 heterocycles. The van der Waals surface area contributed by atoms with Crippen LogP contribution in [0.1, 0.15) is 12.5 Å². The second-order valence-electron chi connectivity index (χ2n) is 3.67. The van der Waals surface area contributed by atoms with Crippen LogP contribution in [-0.4, -0.2) is 23.8 Å². The molecule has 0 aromatic heterocycles. The van der Waals surface area contributed by atoms with Crippen LogP contribution in [0.3, 0.4) is 0 Å². The first-order chi connectivity index (χ1) is 9.11. The van der Waals surface area contributed by atoms with Crippen molar-refractivity contribution in [3.05, 3.63) is 42.5 Å². The Morgan fingerprint density at radius 2 is 2.11 bits per heavy atom. The lowest BCUT2D eigenvalue weighted by atomic mass is 10.2. The summed E-state index contributed by atoms with van der Waals surface area (Å²) in [7, 11) is 0. The second kappa shape index (κ2) is 7.99. The maximum absolute atomic E-state index is 10.9. The molecule has 0 spiro atoms. The van der Waals surface area contributed by atoms with Crippen LogP contribution in [0.4, 0.5) is 5.69 Å². The van der Waals surface area contributed by atoms with Gasteiger partial charge in [0, 0.05) is 19.2 Å². The van der Waals surface area contributed by atoms with Crippen LogP contribution in [0.25, 0.3) is 0 Å². The minimum Gasteiger partial charge on any atom is -0.358 e. The molecule has 0 aliphatic carbocycles. The van der Waals surface area contributed by atoms with Crippen LogP contribution < -0.4 is 16.1 Å². The van der Waals surface area contributed by atoms with E-state index in [-0.39, 0.29) is 5.91 Å². The third kappa shape index (κ3) is 6.32. The second-order valence-corrected chi connectivity index (χ2v) is 4.08. The molecule has 0 aliphatic heterocycles. The molecule has 1 aromatic carbocycles. The lowest BCUT2D eigenvalue weighted by Gasteiger charge is -2.03. The molecule has 3 N–H and O–H groups in total. The molecule has 0 saturated carbocycles. The number of hydrogen-bond acceptors (Lipinski definition) is 3. The molecular weight excluding hydrogens is 260 g/mol. The Balaban J connectivity index is 2.46. The highest BCUT2D eigenvalue weighted by Crippen LogP contribution is 2.07. The van der Waals surface area contributed by atoms with Crippen molar-refractivity contribution in [2.45, 2.75) is 6.92 Å². The molecule has 1 amide bonds. The maximum atomic E-state index is 10.9. The van der Waals surface area contributed by atoms with E-state index < -0.39 is 0 Å². The van der Waals surface area contributed by atoms with Gasteiger partial charge in [0.1, 0.15) is 0 Å². The first-order valence-corrected chi connectivity index (χ1v) is 6.08. The van der Waals surface area contributed by atoms with Crippen LogP contribution in [0, 0.1) is 0 Å². The van der Waals surface area contributed by atoms with Gasteiger partial charge in [-0.2, -0.15) is 5.10 Å². The molecule has 0 unspecified atom stereocenters. The van der Waals surface area contributed by atoms with Crippen molar-refractivity contribution in [3.8, 4) is 0 Å². The maximum Gasteiger partial charge on any atom is 0.221 e. The molecule has 5 nitrogen and oxygen atoms in total. The van der Waals surface area contributed by atoms with Gasteiger partial charge in [-0.05, 0) is 29.9 Å². The van der Waals surface area contributed by atoms with Gasteiger partial charge in [-0.1, -0.05) is 18.2 Å². The molecule has 0 bridgehead atoms. The third-order valence-corrected chi connectivity index (χ3v) is 2.25. The number of nitrogens with zero attached hydrogens (tertiary/aromatic N) is 1. The van der Waals surface area contributed by atoms with Gasteiger partial charge in [-0.3, -0.25) is 10.2 Å². The Morgan fingerprint density at radius 3 is 2.68 bits per heavy atom. The van der Waals surface area contributed by atoms with Crippen LogP contribution >= 0.6 is 12.2 Å². The Morgan fingerprint density at radius 1 is 1.42 bits per heavy atom. The molecular formula is C13H16N4OS. The number of hydrazone groups is 1. The predicted octanol–water partition coefficient (Wildman–Crippen LogP) is 1.63. The summed E-state index contributed by atoms with van der Waals surface area (Å²) in [6, 6.07) is 7.29. The molecule has 100 valence electrons. The first-order valence-electron chi connectivity index (χ1n) is 5.67. The topological polar surface area (TPSA) is 65.5 Å². The van der Waals surface area contributed by atoms with Gasteiger partial charge >= 0.3 is 0 Å². The summed E-state index contributed by atoms with van der Waals surface area (Å²) in [6.45, 7) is 5.63. The molecule has 0 fully saturated rings. The van der Waals surface area contributed by atoms with E-state index in [4.69, 9.17) is 12.2 Å². The summed E-state index contributed by atoms with van der Waals surface area (Å²) in [5, 5.41) is 10.0. The monoisotopic (exact) mass is 276 g/mol. The van der Waals surface area contributed by atoms with Crippen molar-refractivity contribution in [2.75, 3.05) is 11.9 Å². The molecule has 0 atom stereocenters. The minimum absolute atomic E-state index is 0.0956. The zero-order chi connectivity index (χ0) is 14.1. The fourth-order valence-electron chi connectivity index (χ4n) is 1.23. The van der Waals surface area contributed by atoms with Crippen molar-refractivity contribution in [2.24, 2.45) is 5.10 Å². The van der Waals surface area contributed by atoms with Crippen molar-refractivity contribution >= 4 is 35.1 Å². The van der Waals surface area contributed by atoms with E-state index in [1.165, 1.54) is 6.92 Å². The van der Waals surface area contributed by atoms with E-state index >= 15 is 0 Å². The van der Waals surface area contributed by atoms with E-state index in [0.717, 1.165) is 11.3 Å². The first kappa shape index (κ1) is 14.8. The smallest absolute Gasteiger partial charge is 0.221 e. The number of thiocarbonyl (C=S) groups is 1. The fraction of sp³-hybridized carbons (Fsp3) is 0.154. The van der Waals surface area contributed by atoms with Gasteiger partial charge in [-0.15, -0.1) is 6.58 Å². The summed E-state index contributed by atoms with van der Waals surface area (Å²) < 4.78 is 0. The summed E-state index contributed by atoms with van der Waals surface area (Å²) in [4.78, 5) is 10.9. The zero-order valence-electron chi connectivity index (χ0n) is 10.6. The third-order valence-electron chi connectivity index (χ3n) is 2.02. The average Bonchev–Trinajstić information content (AvgIpc) is 2.38. The normalized spacial score (nSPS) is 9.95. The predicted molar refractivity (Wildman–Crippen MR) is 82.3 cm³/mol. The summed E-state index contributed by atoms with van der Waals surface area (Å²) >= 11 is 4.97. The van der Waals surface area contributed by atoms with Gasteiger partial charge in [0.15, 0.2) is 5.11 Å². The lowest BCUT2D eigenvalue weighted by molar-refractivity contribution is -0.114.